The lowest BCUT2D eigenvalue weighted by molar-refractivity contribution is 0.115. The van der Waals surface area contributed by atoms with Gasteiger partial charge in [-0.1, -0.05) is 13.0 Å². The first-order valence-electron chi connectivity index (χ1n) is 8.78. The molecular weight excluding hydrogens is 348 g/mol. The standard InChI is InChI=1S/C19H22N4O2S/c1-3-17-13(2)26-18(21-17)22-19(24)23-9-7-15(8-10-23)25-16-6-4-5-14(11-16)12-20/h4-6,11,15H,3,7-10H2,1-2H3,(H,21,22,24). The first-order valence-corrected chi connectivity index (χ1v) is 9.59. The minimum Gasteiger partial charge on any atom is -0.490 e. The summed E-state index contributed by atoms with van der Waals surface area (Å²) >= 11 is 1.52. The highest BCUT2D eigenvalue weighted by atomic mass is 32.1. The number of rotatable bonds is 4. The third kappa shape index (κ3) is 4.33. The number of nitrogens with zero attached hydrogens (tertiary/aromatic N) is 3. The van der Waals surface area contributed by atoms with Gasteiger partial charge in [-0.15, -0.1) is 11.3 Å². The van der Waals surface area contributed by atoms with Crippen LogP contribution in [-0.2, 0) is 6.42 Å². The Bertz CT molecular complexity index is 819. The Balaban J connectivity index is 1.51. The number of benzene rings is 1. The maximum Gasteiger partial charge on any atom is 0.323 e. The smallest absolute Gasteiger partial charge is 0.323 e. The van der Waals surface area contributed by atoms with Crippen LogP contribution in [0.15, 0.2) is 24.3 Å². The second-order valence-electron chi connectivity index (χ2n) is 6.25. The average molecular weight is 370 g/mol. The van der Waals surface area contributed by atoms with E-state index >= 15 is 0 Å². The summed E-state index contributed by atoms with van der Waals surface area (Å²) in [6.45, 7) is 5.36. The summed E-state index contributed by atoms with van der Waals surface area (Å²) in [5.41, 5.74) is 1.63. The van der Waals surface area contributed by atoms with Crippen LogP contribution < -0.4 is 10.1 Å². The predicted octanol–water partition coefficient (Wildman–Crippen LogP) is 3.96. The van der Waals surface area contributed by atoms with Crippen molar-refractivity contribution in [3.63, 3.8) is 0 Å². The van der Waals surface area contributed by atoms with Gasteiger partial charge in [-0.3, -0.25) is 5.32 Å². The van der Waals surface area contributed by atoms with E-state index in [-0.39, 0.29) is 12.1 Å². The molecule has 0 saturated carbocycles. The summed E-state index contributed by atoms with van der Waals surface area (Å²) in [7, 11) is 0. The number of nitriles is 1. The van der Waals surface area contributed by atoms with Gasteiger partial charge in [0.15, 0.2) is 5.13 Å². The summed E-state index contributed by atoms with van der Waals surface area (Å²) in [6, 6.07) is 9.18. The fourth-order valence-corrected chi connectivity index (χ4v) is 3.88. The minimum atomic E-state index is -0.105. The molecule has 0 bridgehead atoms. The van der Waals surface area contributed by atoms with Crippen molar-refractivity contribution >= 4 is 22.5 Å². The van der Waals surface area contributed by atoms with Gasteiger partial charge in [-0.25, -0.2) is 9.78 Å². The molecule has 3 rings (SSSR count). The van der Waals surface area contributed by atoms with Crippen molar-refractivity contribution in [3.05, 3.63) is 40.4 Å². The first-order chi connectivity index (χ1) is 12.6. The second kappa shape index (κ2) is 8.19. The van der Waals surface area contributed by atoms with Gasteiger partial charge in [0, 0.05) is 30.8 Å². The normalized spacial score (nSPS) is 14.7. The van der Waals surface area contributed by atoms with Crippen LogP contribution >= 0.6 is 11.3 Å². The summed E-state index contributed by atoms with van der Waals surface area (Å²) < 4.78 is 5.96. The van der Waals surface area contributed by atoms with E-state index in [1.807, 2.05) is 19.1 Å². The molecule has 7 heteroatoms. The number of aryl methyl sites for hydroxylation is 2. The molecule has 1 N–H and O–H groups in total. The van der Waals surface area contributed by atoms with Gasteiger partial charge >= 0.3 is 6.03 Å². The summed E-state index contributed by atoms with van der Waals surface area (Å²) in [4.78, 5) is 19.8. The van der Waals surface area contributed by atoms with Crippen molar-refractivity contribution in [1.29, 1.82) is 5.26 Å². The molecule has 0 spiro atoms. The van der Waals surface area contributed by atoms with Crippen LogP contribution in [0.1, 0.15) is 35.9 Å². The fraction of sp³-hybridized carbons (Fsp3) is 0.421. The Morgan fingerprint density at radius 3 is 2.88 bits per heavy atom. The molecular formula is C19H22N4O2S. The zero-order chi connectivity index (χ0) is 18.5. The molecule has 2 amide bonds. The molecule has 1 fully saturated rings. The van der Waals surface area contributed by atoms with Gasteiger partial charge < -0.3 is 9.64 Å². The number of aromatic nitrogens is 1. The van der Waals surface area contributed by atoms with Crippen molar-refractivity contribution in [3.8, 4) is 11.8 Å². The number of amides is 2. The number of likely N-dealkylation sites (tertiary alicyclic amines) is 1. The van der Waals surface area contributed by atoms with E-state index in [9.17, 15) is 4.79 Å². The molecule has 0 unspecified atom stereocenters. The monoisotopic (exact) mass is 370 g/mol. The van der Waals surface area contributed by atoms with Crippen molar-refractivity contribution in [2.45, 2.75) is 39.2 Å². The molecule has 1 aromatic heterocycles. The van der Waals surface area contributed by atoms with Crippen LogP contribution in [0.3, 0.4) is 0 Å². The topological polar surface area (TPSA) is 78.2 Å². The molecule has 1 aromatic carbocycles. The van der Waals surface area contributed by atoms with Crippen LogP contribution in [0.25, 0.3) is 0 Å². The Morgan fingerprint density at radius 1 is 1.46 bits per heavy atom. The van der Waals surface area contributed by atoms with E-state index in [0.717, 1.165) is 29.8 Å². The Hall–Kier alpha value is -2.59. The number of hydrogen-bond acceptors (Lipinski definition) is 5. The lowest BCUT2D eigenvalue weighted by Crippen LogP contribution is -2.43. The second-order valence-corrected chi connectivity index (χ2v) is 7.45. The number of carbonyl (C=O) groups excluding carboxylic acids is 1. The SMILES string of the molecule is CCc1nc(NC(=O)N2CCC(Oc3cccc(C#N)c3)CC2)sc1C. The fourth-order valence-electron chi connectivity index (χ4n) is 2.99. The van der Waals surface area contributed by atoms with Crippen molar-refractivity contribution in [1.82, 2.24) is 9.88 Å². The number of piperidine rings is 1. The van der Waals surface area contributed by atoms with Gasteiger partial charge in [-0.05, 0) is 31.5 Å². The number of anilines is 1. The number of ether oxygens (including phenoxy) is 1. The third-order valence-corrected chi connectivity index (χ3v) is 5.37. The Labute approximate surface area is 157 Å². The molecule has 0 aliphatic carbocycles. The molecule has 0 atom stereocenters. The van der Waals surface area contributed by atoms with Crippen LogP contribution in [0.2, 0.25) is 0 Å². The van der Waals surface area contributed by atoms with Crippen molar-refractivity contribution < 1.29 is 9.53 Å². The maximum atomic E-state index is 12.4. The van der Waals surface area contributed by atoms with E-state index in [4.69, 9.17) is 10.00 Å². The van der Waals surface area contributed by atoms with E-state index < -0.39 is 0 Å². The number of hydrogen-bond donors (Lipinski definition) is 1. The molecule has 2 heterocycles. The molecule has 0 radical (unpaired) electrons. The number of urea groups is 1. The molecule has 26 heavy (non-hydrogen) atoms. The van der Waals surface area contributed by atoms with E-state index in [1.165, 1.54) is 11.3 Å². The van der Waals surface area contributed by atoms with Gasteiger partial charge in [0.25, 0.3) is 0 Å². The molecule has 1 aliphatic heterocycles. The third-order valence-electron chi connectivity index (χ3n) is 4.44. The molecule has 1 saturated heterocycles. The lowest BCUT2D eigenvalue weighted by Gasteiger charge is -2.32. The number of carbonyl (C=O) groups is 1. The number of nitrogens with one attached hydrogen (secondary N) is 1. The van der Waals surface area contributed by atoms with Gasteiger partial charge in [0.1, 0.15) is 11.9 Å². The summed E-state index contributed by atoms with van der Waals surface area (Å²) in [5, 5.41) is 12.5. The highest BCUT2D eigenvalue weighted by molar-refractivity contribution is 7.15. The van der Waals surface area contributed by atoms with Gasteiger partial charge in [0.05, 0.1) is 17.3 Å². The van der Waals surface area contributed by atoms with Gasteiger partial charge in [0.2, 0.25) is 0 Å². The first kappa shape index (κ1) is 18.2. The highest BCUT2D eigenvalue weighted by Crippen LogP contribution is 2.24. The molecule has 2 aromatic rings. The zero-order valence-electron chi connectivity index (χ0n) is 15.0. The van der Waals surface area contributed by atoms with Crippen LogP contribution in [-0.4, -0.2) is 35.1 Å². The van der Waals surface area contributed by atoms with Gasteiger partial charge in [-0.2, -0.15) is 5.26 Å². The van der Waals surface area contributed by atoms with Crippen LogP contribution in [0.5, 0.6) is 5.75 Å². The van der Waals surface area contributed by atoms with E-state index in [0.29, 0.717) is 29.5 Å². The Kier molecular flexibility index (Phi) is 5.74. The van der Waals surface area contributed by atoms with E-state index in [2.05, 4.69) is 23.3 Å². The van der Waals surface area contributed by atoms with Crippen LogP contribution in [0.4, 0.5) is 9.93 Å². The quantitative estimate of drug-likeness (QED) is 0.883. The van der Waals surface area contributed by atoms with Crippen LogP contribution in [0, 0.1) is 18.3 Å². The highest BCUT2D eigenvalue weighted by Gasteiger charge is 2.24. The molecule has 136 valence electrons. The minimum absolute atomic E-state index is 0.0572. The van der Waals surface area contributed by atoms with Crippen molar-refractivity contribution in [2.24, 2.45) is 0 Å². The predicted molar refractivity (Wildman–Crippen MR) is 102 cm³/mol. The molecule has 6 nitrogen and oxygen atoms in total. The maximum absolute atomic E-state index is 12.4. The largest absolute Gasteiger partial charge is 0.490 e. The Morgan fingerprint density at radius 2 is 2.23 bits per heavy atom. The summed E-state index contributed by atoms with van der Waals surface area (Å²) in [5.74, 6) is 0.706. The summed E-state index contributed by atoms with van der Waals surface area (Å²) in [6.07, 6.45) is 2.46. The number of thiazole rings is 1. The van der Waals surface area contributed by atoms with E-state index in [1.54, 1.807) is 17.0 Å². The average Bonchev–Trinajstić information content (AvgIpc) is 3.01. The lowest BCUT2D eigenvalue weighted by atomic mass is 10.1. The zero-order valence-corrected chi connectivity index (χ0v) is 15.8. The van der Waals surface area contributed by atoms with Crippen molar-refractivity contribution in [2.75, 3.05) is 18.4 Å². The molecule has 1 aliphatic rings.